The van der Waals surface area contributed by atoms with Gasteiger partial charge in [-0.25, -0.2) is 0 Å². The first-order valence-corrected chi connectivity index (χ1v) is 8.30. The highest BCUT2D eigenvalue weighted by Gasteiger charge is 2.61. The van der Waals surface area contributed by atoms with E-state index in [4.69, 9.17) is 0 Å². The summed E-state index contributed by atoms with van der Waals surface area (Å²) < 4.78 is 0. The molecule has 1 amide bonds. The molecule has 22 heavy (non-hydrogen) atoms. The summed E-state index contributed by atoms with van der Waals surface area (Å²) >= 11 is 0. The van der Waals surface area contributed by atoms with Gasteiger partial charge in [0.2, 0.25) is 0 Å². The van der Waals surface area contributed by atoms with Crippen LogP contribution >= 0.6 is 0 Å². The number of H-pyrrole nitrogens is 1. The number of carbonyl (C=O) groups is 1. The van der Waals surface area contributed by atoms with E-state index in [0.29, 0.717) is 11.5 Å². The van der Waals surface area contributed by atoms with Crippen LogP contribution in [0.25, 0.3) is 10.9 Å². The molecule has 2 N–H and O–H groups in total. The summed E-state index contributed by atoms with van der Waals surface area (Å²) in [5.41, 5.74) is 2.32. The second-order valence-electron chi connectivity index (χ2n) is 7.92. The summed E-state index contributed by atoms with van der Waals surface area (Å²) in [4.78, 5) is 15.8. The van der Waals surface area contributed by atoms with Gasteiger partial charge in [-0.3, -0.25) is 4.79 Å². The SMILES string of the molecule is CC1(C)[C@H]2CC[C@@]1(C)[C@@H](NC(=O)c1ccc3cc[nH]c3c1)C2. The second kappa shape index (κ2) is 4.37. The molecule has 2 fully saturated rings. The van der Waals surface area contributed by atoms with Crippen molar-refractivity contribution in [3.05, 3.63) is 36.0 Å². The highest BCUT2D eigenvalue weighted by molar-refractivity contribution is 5.98. The number of aromatic amines is 1. The Morgan fingerprint density at radius 3 is 2.77 bits per heavy atom. The number of amides is 1. The predicted octanol–water partition coefficient (Wildman–Crippen LogP) is 4.11. The molecule has 0 aliphatic heterocycles. The standard InChI is InChI=1S/C19H24N2O/c1-18(2)14-6-8-19(18,3)16(11-14)21-17(22)13-5-4-12-7-9-20-15(12)10-13/h4-5,7,9-10,14,16,20H,6,8,11H2,1-3H3,(H,21,22)/t14-,16-,19-/m0/s1. The van der Waals surface area contributed by atoms with Crippen molar-refractivity contribution in [3.63, 3.8) is 0 Å². The van der Waals surface area contributed by atoms with E-state index in [1.54, 1.807) is 0 Å². The Kier molecular flexibility index (Phi) is 2.76. The van der Waals surface area contributed by atoms with Crippen LogP contribution in [0.1, 0.15) is 50.4 Å². The molecule has 2 bridgehead atoms. The molecule has 2 aromatic rings. The Morgan fingerprint density at radius 2 is 2.09 bits per heavy atom. The van der Waals surface area contributed by atoms with Gasteiger partial charge in [-0.1, -0.05) is 26.8 Å². The van der Waals surface area contributed by atoms with E-state index in [-0.39, 0.29) is 11.3 Å². The fraction of sp³-hybridized carbons (Fsp3) is 0.526. The van der Waals surface area contributed by atoms with Crippen molar-refractivity contribution < 1.29 is 4.79 Å². The van der Waals surface area contributed by atoms with Crippen molar-refractivity contribution >= 4 is 16.8 Å². The van der Waals surface area contributed by atoms with Gasteiger partial charge < -0.3 is 10.3 Å². The first-order valence-electron chi connectivity index (χ1n) is 8.30. The Labute approximate surface area is 131 Å². The van der Waals surface area contributed by atoms with E-state index in [2.05, 4.69) is 31.1 Å². The number of rotatable bonds is 2. The number of hydrogen-bond acceptors (Lipinski definition) is 1. The molecular formula is C19H24N2O. The van der Waals surface area contributed by atoms with E-state index >= 15 is 0 Å². The molecule has 3 heteroatoms. The smallest absolute Gasteiger partial charge is 0.251 e. The lowest BCUT2D eigenvalue weighted by atomic mass is 9.69. The number of fused-ring (bicyclic) bond motifs is 3. The van der Waals surface area contributed by atoms with E-state index in [1.165, 1.54) is 12.8 Å². The second-order valence-corrected chi connectivity index (χ2v) is 7.92. The Hall–Kier alpha value is -1.77. The van der Waals surface area contributed by atoms with Crippen molar-refractivity contribution in [2.75, 3.05) is 0 Å². The van der Waals surface area contributed by atoms with E-state index < -0.39 is 0 Å². The summed E-state index contributed by atoms with van der Waals surface area (Å²) in [6.07, 6.45) is 5.57. The van der Waals surface area contributed by atoms with Gasteiger partial charge in [0.05, 0.1) is 0 Å². The molecule has 1 heterocycles. The van der Waals surface area contributed by atoms with Gasteiger partial charge >= 0.3 is 0 Å². The summed E-state index contributed by atoms with van der Waals surface area (Å²) in [6, 6.07) is 8.20. The van der Waals surface area contributed by atoms with Crippen LogP contribution in [0.3, 0.4) is 0 Å². The predicted molar refractivity (Wildman–Crippen MR) is 88.8 cm³/mol. The zero-order valence-electron chi connectivity index (χ0n) is 13.6. The van der Waals surface area contributed by atoms with Crippen molar-refractivity contribution in [2.45, 2.75) is 46.1 Å². The minimum Gasteiger partial charge on any atom is -0.361 e. The summed E-state index contributed by atoms with van der Waals surface area (Å²) in [5.74, 6) is 0.805. The van der Waals surface area contributed by atoms with Crippen LogP contribution in [0.15, 0.2) is 30.5 Å². The fourth-order valence-electron chi connectivity index (χ4n) is 4.85. The minimum atomic E-state index is 0.0612. The highest BCUT2D eigenvalue weighted by Crippen LogP contribution is 2.65. The third-order valence-electron chi connectivity index (χ3n) is 6.92. The maximum Gasteiger partial charge on any atom is 0.251 e. The molecule has 3 atom stereocenters. The van der Waals surface area contributed by atoms with Gasteiger partial charge in [0.15, 0.2) is 0 Å². The van der Waals surface area contributed by atoms with Gasteiger partial charge in [0.25, 0.3) is 5.91 Å². The molecule has 2 saturated carbocycles. The third-order valence-corrected chi connectivity index (χ3v) is 6.92. The van der Waals surface area contributed by atoms with Gasteiger partial charge in [0.1, 0.15) is 0 Å². The molecular weight excluding hydrogens is 272 g/mol. The molecule has 0 spiro atoms. The normalized spacial score (nSPS) is 32.5. The Morgan fingerprint density at radius 1 is 1.27 bits per heavy atom. The molecule has 4 rings (SSSR count). The Bertz CT molecular complexity index is 745. The van der Waals surface area contributed by atoms with Crippen LogP contribution in [-0.2, 0) is 0 Å². The number of benzene rings is 1. The number of nitrogens with one attached hydrogen (secondary N) is 2. The minimum absolute atomic E-state index is 0.0612. The number of hydrogen-bond donors (Lipinski definition) is 2. The molecule has 2 aliphatic rings. The van der Waals surface area contributed by atoms with Gasteiger partial charge in [-0.2, -0.15) is 0 Å². The first kappa shape index (κ1) is 13.9. The lowest BCUT2D eigenvalue weighted by Crippen LogP contribution is -2.46. The van der Waals surface area contributed by atoms with Crippen LogP contribution in [0.5, 0.6) is 0 Å². The first-order chi connectivity index (χ1) is 10.4. The fourth-order valence-corrected chi connectivity index (χ4v) is 4.85. The van der Waals surface area contributed by atoms with Gasteiger partial charge in [0, 0.05) is 23.3 Å². The van der Waals surface area contributed by atoms with Crippen LogP contribution in [0.2, 0.25) is 0 Å². The van der Waals surface area contributed by atoms with Crippen LogP contribution < -0.4 is 5.32 Å². The maximum absolute atomic E-state index is 12.7. The topological polar surface area (TPSA) is 44.9 Å². The van der Waals surface area contributed by atoms with Gasteiger partial charge in [-0.05, 0) is 59.6 Å². The lowest BCUT2D eigenvalue weighted by molar-refractivity contribution is 0.0826. The lowest BCUT2D eigenvalue weighted by Gasteiger charge is -2.39. The summed E-state index contributed by atoms with van der Waals surface area (Å²) in [5, 5.41) is 4.47. The summed E-state index contributed by atoms with van der Waals surface area (Å²) in [7, 11) is 0. The van der Waals surface area contributed by atoms with Crippen LogP contribution in [0.4, 0.5) is 0 Å². The molecule has 0 saturated heterocycles. The molecule has 1 aromatic carbocycles. The summed E-state index contributed by atoms with van der Waals surface area (Å²) in [6.45, 7) is 7.11. The molecule has 2 aliphatic carbocycles. The zero-order chi connectivity index (χ0) is 15.5. The van der Waals surface area contributed by atoms with Gasteiger partial charge in [-0.15, -0.1) is 0 Å². The quantitative estimate of drug-likeness (QED) is 0.860. The zero-order valence-corrected chi connectivity index (χ0v) is 13.6. The average Bonchev–Trinajstić information content (AvgIpc) is 3.08. The molecule has 1 aromatic heterocycles. The van der Waals surface area contributed by atoms with Crippen LogP contribution in [0, 0.1) is 16.7 Å². The number of aromatic nitrogens is 1. The van der Waals surface area contributed by atoms with Crippen molar-refractivity contribution in [1.29, 1.82) is 0 Å². The van der Waals surface area contributed by atoms with Crippen molar-refractivity contribution in [1.82, 2.24) is 10.3 Å². The highest BCUT2D eigenvalue weighted by atomic mass is 16.1. The molecule has 116 valence electrons. The third kappa shape index (κ3) is 1.71. The molecule has 0 radical (unpaired) electrons. The van der Waals surface area contributed by atoms with E-state index in [9.17, 15) is 4.79 Å². The average molecular weight is 296 g/mol. The van der Waals surface area contributed by atoms with Crippen molar-refractivity contribution in [3.8, 4) is 0 Å². The Balaban J connectivity index is 1.58. The van der Waals surface area contributed by atoms with Crippen molar-refractivity contribution in [2.24, 2.45) is 16.7 Å². The molecule has 3 nitrogen and oxygen atoms in total. The monoisotopic (exact) mass is 296 g/mol. The van der Waals surface area contributed by atoms with E-state index in [1.807, 2.05) is 30.5 Å². The maximum atomic E-state index is 12.7. The number of carbonyl (C=O) groups excluding carboxylic acids is 1. The molecule has 0 unspecified atom stereocenters. The van der Waals surface area contributed by atoms with Crippen LogP contribution in [-0.4, -0.2) is 16.9 Å². The largest absolute Gasteiger partial charge is 0.361 e. The van der Waals surface area contributed by atoms with E-state index in [0.717, 1.165) is 28.8 Å².